The lowest BCUT2D eigenvalue weighted by Crippen LogP contribution is -2.38. The van der Waals surface area contributed by atoms with Crippen LogP contribution >= 0.6 is 22.6 Å². The van der Waals surface area contributed by atoms with Crippen LogP contribution in [0.1, 0.15) is 12.8 Å². The van der Waals surface area contributed by atoms with Crippen molar-refractivity contribution in [1.82, 2.24) is 0 Å². The van der Waals surface area contributed by atoms with Crippen molar-refractivity contribution in [2.45, 2.75) is 18.9 Å². The van der Waals surface area contributed by atoms with Crippen LogP contribution in [0.5, 0.6) is 0 Å². The summed E-state index contributed by atoms with van der Waals surface area (Å²) >= 11 is 2.10. The normalized spacial score (nSPS) is 16.0. The number of halogens is 1. The van der Waals surface area contributed by atoms with E-state index < -0.39 is 10.9 Å². The number of benzene rings is 1. The van der Waals surface area contributed by atoms with Gasteiger partial charge in [0, 0.05) is 28.8 Å². The molecule has 1 heterocycles. The summed E-state index contributed by atoms with van der Waals surface area (Å²) in [6, 6.07) is 4.83. The van der Waals surface area contributed by atoms with Gasteiger partial charge in [-0.25, -0.2) is 4.79 Å². The largest absolute Gasteiger partial charge is 0.480 e. The number of carboxylic acid groups (broad SMARTS) is 1. The number of carbonyl (C=O) groups is 1. The number of non-ortho nitro benzene ring substituents is 1. The summed E-state index contributed by atoms with van der Waals surface area (Å²) in [5.74, 6) is -0.956. The molecule has 1 N–H and O–H groups in total. The first-order chi connectivity index (χ1) is 9.97. The Labute approximate surface area is 135 Å². The van der Waals surface area contributed by atoms with Crippen molar-refractivity contribution in [3.63, 3.8) is 0 Å². The Kier molecular flexibility index (Phi) is 5.34. The fourth-order valence-corrected chi connectivity index (χ4v) is 3.16. The van der Waals surface area contributed by atoms with Gasteiger partial charge in [0.05, 0.1) is 16.7 Å². The zero-order valence-corrected chi connectivity index (χ0v) is 13.4. The number of piperidine rings is 1. The second-order valence-electron chi connectivity index (χ2n) is 4.78. The SMILES string of the molecule is O=C(O)COC1CCN(c2ccc([N+](=O)[O-])cc2I)CC1. The number of carboxylic acids is 1. The summed E-state index contributed by atoms with van der Waals surface area (Å²) in [6.45, 7) is 1.23. The van der Waals surface area contributed by atoms with E-state index in [-0.39, 0.29) is 18.4 Å². The summed E-state index contributed by atoms with van der Waals surface area (Å²) in [6.07, 6.45) is 1.47. The molecule has 0 radical (unpaired) electrons. The predicted molar refractivity (Wildman–Crippen MR) is 84.6 cm³/mol. The Bertz CT molecular complexity index is 543. The molecule has 0 unspecified atom stereocenters. The topological polar surface area (TPSA) is 92.9 Å². The van der Waals surface area contributed by atoms with Gasteiger partial charge in [-0.15, -0.1) is 0 Å². The monoisotopic (exact) mass is 406 g/mol. The van der Waals surface area contributed by atoms with E-state index in [1.165, 1.54) is 6.07 Å². The lowest BCUT2D eigenvalue weighted by atomic mass is 10.1. The first-order valence-electron chi connectivity index (χ1n) is 6.49. The number of nitrogens with zero attached hydrogens (tertiary/aromatic N) is 2. The van der Waals surface area contributed by atoms with E-state index in [2.05, 4.69) is 27.5 Å². The molecule has 1 aliphatic heterocycles. The van der Waals surface area contributed by atoms with Crippen molar-refractivity contribution in [2.75, 3.05) is 24.6 Å². The summed E-state index contributed by atoms with van der Waals surface area (Å²) in [5, 5.41) is 19.3. The molecule has 1 aromatic rings. The Morgan fingerprint density at radius 1 is 1.48 bits per heavy atom. The van der Waals surface area contributed by atoms with E-state index in [0.717, 1.165) is 35.2 Å². The average Bonchev–Trinajstić information content (AvgIpc) is 2.45. The number of nitro benzene ring substituents is 1. The summed E-state index contributed by atoms with van der Waals surface area (Å²) < 4.78 is 6.13. The minimum Gasteiger partial charge on any atom is -0.480 e. The van der Waals surface area contributed by atoms with Crippen LogP contribution in [0.4, 0.5) is 11.4 Å². The fraction of sp³-hybridized carbons (Fsp3) is 0.462. The standard InChI is InChI=1S/C13H15IN2O5/c14-11-7-9(16(19)20)1-2-12(11)15-5-3-10(4-6-15)21-8-13(17)18/h1-2,7,10H,3-6,8H2,(H,17,18). The number of rotatable bonds is 5. The molecule has 1 aromatic carbocycles. The minimum atomic E-state index is -0.956. The van der Waals surface area contributed by atoms with Gasteiger partial charge < -0.3 is 14.7 Å². The molecule has 1 aliphatic rings. The Balaban J connectivity index is 1.96. The van der Waals surface area contributed by atoms with E-state index in [0.29, 0.717) is 0 Å². The first-order valence-corrected chi connectivity index (χ1v) is 7.57. The van der Waals surface area contributed by atoms with Crippen molar-refractivity contribution in [2.24, 2.45) is 0 Å². The van der Waals surface area contributed by atoms with Gasteiger partial charge in [0.2, 0.25) is 0 Å². The number of aliphatic carboxylic acids is 1. The lowest BCUT2D eigenvalue weighted by molar-refractivity contribution is -0.384. The van der Waals surface area contributed by atoms with Gasteiger partial charge >= 0.3 is 5.97 Å². The van der Waals surface area contributed by atoms with Crippen molar-refractivity contribution in [3.05, 3.63) is 31.9 Å². The zero-order chi connectivity index (χ0) is 15.4. The van der Waals surface area contributed by atoms with Crippen LogP contribution in [-0.4, -0.2) is 41.8 Å². The molecular formula is C13H15IN2O5. The van der Waals surface area contributed by atoms with E-state index >= 15 is 0 Å². The summed E-state index contributed by atoms with van der Waals surface area (Å²) in [5.41, 5.74) is 1.06. The molecule has 21 heavy (non-hydrogen) atoms. The van der Waals surface area contributed by atoms with Crippen LogP contribution in [0.2, 0.25) is 0 Å². The minimum absolute atomic E-state index is 0.0342. The van der Waals surface area contributed by atoms with Crippen molar-refractivity contribution in [3.8, 4) is 0 Å². The van der Waals surface area contributed by atoms with Crippen LogP contribution in [0.25, 0.3) is 0 Å². The maximum Gasteiger partial charge on any atom is 0.329 e. The highest BCUT2D eigenvalue weighted by molar-refractivity contribution is 14.1. The Morgan fingerprint density at radius 3 is 2.67 bits per heavy atom. The maximum absolute atomic E-state index is 10.7. The molecule has 114 valence electrons. The van der Waals surface area contributed by atoms with Gasteiger partial charge in [-0.1, -0.05) is 0 Å². The van der Waals surface area contributed by atoms with Gasteiger partial charge in [0.25, 0.3) is 5.69 Å². The average molecular weight is 406 g/mol. The lowest BCUT2D eigenvalue weighted by Gasteiger charge is -2.33. The van der Waals surface area contributed by atoms with E-state index in [1.54, 1.807) is 12.1 Å². The van der Waals surface area contributed by atoms with Crippen molar-refractivity contribution < 1.29 is 19.6 Å². The van der Waals surface area contributed by atoms with Crippen molar-refractivity contribution in [1.29, 1.82) is 0 Å². The van der Waals surface area contributed by atoms with Crippen LogP contribution < -0.4 is 4.90 Å². The smallest absolute Gasteiger partial charge is 0.329 e. The number of hydrogen-bond donors (Lipinski definition) is 1. The molecule has 0 saturated carbocycles. The third kappa shape index (κ3) is 4.27. The van der Waals surface area contributed by atoms with Gasteiger partial charge in [0.15, 0.2) is 0 Å². The molecule has 1 saturated heterocycles. The predicted octanol–water partition coefficient (Wildman–Crippen LogP) is 2.27. The summed E-state index contributed by atoms with van der Waals surface area (Å²) in [4.78, 5) is 22.9. The van der Waals surface area contributed by atoms with Gasteiger partial charge in [-0.3, -0.25) is 10.1 Å². The third-order valence-corrected chi connectivity index (χ3v) is 4.23. The number of hydrogen-bond acceptors (Lipinski definition) is 5. The van der Waals surface area contributed by atoms with Crippen molar-refractivity contribution >= 4 is 39.9 Å². The first kappa shape index (κ1) is 16.0. The highest BCUT2D eigenvalue weighted by atomic mass is 127. The van der Waals surface area contributed by atoms with Gasteiger partial charge in [-0.05, 0) is 41.5 Å². The molecule has 0 aromatic heterocycles. The van der Waals surface area contributed by atoms with Crippen LogP contribution in [0.3, 0.4) is 0 Å². The molecule has 0 spiro atoms. The second kappa shape index (κ2) is 7.03. The molecular weight excluding hydrogens is 391 g/mol. The molecule has 0 amide bonds. The maximum atomic E-state index is 10.7. The molecule has 7 nitrogen and oxygen atoms in total. The highest BCUT2D eigenvalue weighted by Gasteiger charge is 2.22. The third-order valence-electron chi connectivity index (χ3n) is 3.37. The quantitative estimate of drug-likeness (QED) is 0.458. The van der Waals surface area contributed by atoms with Crippen LogP contribution in [-0.2, 0) is 9.53 Å². The molecule has 8 heteroatoms. The highest BCUT2D eigenvalue weighted by Crippen LogP contribution is 2.29. The van der Waals surface area contributed by atoms with E-state index in [9.17, 15) is 14.9 Å². The molecule has 0 bridgehead atoms. The van der Waals surface area contributed by atoms with Gasteiger partial charge in [-0.2, -0.15) is 0 Å². The number of anilines is 1. The zero-order valence-electron chi connectivity index (χ0n) is 11.2. The molecule has 0 atom stereocenters. The van der Waals surface area contributed by atoms with Crippen LogP contribution in [0, 0.1) is 13.7 Å². The summed E-state index contributed by atoms with van der Waals surface area (Å²) in [7, 11) is 0. The van der Waals surface area contributed by atoms with Gasteiger partial charge in [0.1, 0.15) is 6.61 Å². The van der Waals surface area contributed by atoms with Crippen LogP contribution in [0.15, 0.2) is 18.2 Å². The Hall–Kier alpha value is -1.42. The molecule has 2 rings (SSSR count). The fourth-order valence-electron chi connectivity index (χ4n) is 2.32. The number of nitro groups is 1. The van der Waals surface area contributed by atoms with E-state index in [4.69, 9.17) is 9.84 Å². The molecule has 0 aliphatic carbocycles. The second-order valence-corrected chi connectivity index (χ2v) is 5.95. The molecule has 1 fully saturated rings. The van der Waals surface area contributed by atoms with E-state index in [1.807, 2.05) is 0 Å². The number of ether oxygens (including phenoxy) is 1. The Morgan fingerprint density at radius 2 is 2.14 bits per heavy atom.